The van der Waals surface area contributed by atoms with Crippen molar-refractivity contribution in [2.24, 2.45) is 18.7 Å². The predicted molar refractivity (Wildman–Crippen MR) is 75.6 cm³/mol. The van der Waals surface area contributed by atoms with Gasteiger partial charge in [-0.1, -0.05) is 6.92 Å². The Bertz CT molecular complexity index is 517. The average Bonchev–Trinajstić information content (AvgIpc) is 2.76. The van der Waals surface area contributed by atoms with Gasteiger partial charge in [-0.2, -0.15) is 4.31 Å². The molecule has 8 heteroatoms. The van der Waals surface area contributed by atoms with Crippen LogP contribution in [0.15, 0.2) is 17.6 Å². The molecule has 1 aromatic heterocycles. The molecule has 0 amide bonds. The normalized spacial score (nSPS) is 25.0. The molecule has 110 valence electrons. The minimum absolute atomic E-state index is 0. The van der Waals surface area contributed by atoms with E-state index >= 15 is 0 Å². The number of hydrogen-bond acceptors (Lipinski definition) is 4. The molecular formula is C11H21ClN4O2S. The standard InChI is InChI=1S/C11H20N4O2S.ClH/c1-9-3-4-15(10(5-9)6-12)18(16,17)11-7-14(2)8-13-11;/h7-10H,3-6,12H2,1-2H3;1H. The van der Waals surface area contributed by atoms with Gasteiger partial charge in [0.05, 0.1) is 6.33 Å². The van der Waals surface area contributed by atoms with Gasteiger partial charge in [-0.3, -0.25) is 0 Å². The fraction of sp³-hybridized carbons (Fsp3) is 0.727. The molecule has 0 bridgehead atoms. The van der Waals surface area contributed by atoms with E-state index in [1.807, 2.05) is 0 Å². The Hall–Kier alpha value is -0.630. The lowest BCUT2D eigenvalue weighted by Gasteiger charge is -2.36. The third kappa shape index (κ3) is 3.28. The van der Waals surface area contributed by atoms with Crippen molar-refractivity contribution in [2.45, 2.75) is 30.8 Å². The van der Waals surface area contributed by atoms with E-state index in [1.165, 1.54) is 16.8 Å². The summed E-state index contributed by atoms with van der Waals surface area (Å²) < 4.78 is 28.1. The summed E-state index contributed by atoms with van der Waals surface area (Å²) in [5.74, 6) is 0.522. The summed E-state index contributed by atoms with van der Waals surface area (Å²) >= 11 is 0. The molecule has 1 aromatic rings. The highest BCUT2D eigenvalue weighted by atomic mass is 35.5. The van der Waals surface area contributed by atoms with E-state index in [2.05, 4.69) is 11.9 Å². The van der Waals surface area contributed by atoms with Crippen LogP contribution in [0.5, 0.6) is 0 Å². The van der Waals surface area contributed by atoms with Crippen LogP contribution < -0.4 is 5.73 Å². The summed E-state index contributed by atoms with van der Waals surface area (Å²) in [5, 5.41) is 0.109. The fourth-order valence-electron chi connectivity index (χ4n) is 2.40. The molecule has 0 aliphatic carbocycles. The Balaban J connectivity index is 0.00000180. The topological polar surface area (TPSA) is 81.2 Å². The Labute approximate surface area is 120 Å². The zero-order chi connectivity index (χ0) is 13.3. The van der Waals surface area contributed by atoms with Gasteiger partial charge in [0.2, 0.25) is 0 Å². The third-order valence-electron chi connectivity index (χ3n) is 3.45. The van der Waals surface area contributed by atoms with E-state index in [0.29, 0.717) is 19.0 Å². The van der Waals surface area contributed by atoms with Crippen LogP contribution in [0.3, 0.4) is 0 Å². The van der Waals surface area contributed by atoms with Gasteiger partial charge in [-0.05, 0) is 18.8 Å². The van der Waals surface area contributed by atoms with Gasteiger partial charge in [-0.25, -0.2) is 13.4 Å². The summed E-state index contributed by atoms with van der Waals surface area (Å²) in [6.45, 7) is 3.02. The van der Waals surface area contributed by atoms with Crippen molar-refractivity contribution in [1.82, 2.24) is 13.9 Å². The SMILES string of the molecule is CC1CCN(S(=O)(=O)c2cn(C)cn2)C(CN)C1.Cl. The number of rotatable bonds is 3. The van der Waals surface area contributed by atoms with Gasteiger partial charge in [0.1, 0.15) is 0 Å². The molecule has 2 heterocycles. The van der Waals surface area contributed by atoms with Crippen molar-refractivity contribution in [3.05, 3.63) is 12.5 Å². The second kappa shape index (κ2) is 6.21. The number of imidazole rings is 1. The highest BCUT2D eigenvalue weighted by Crippen LogP contribution is 2.27. The summed E-state index contributed by atoms with van der Waals surface area (Å²) in [5.41, 5.74) is 5.70. The quantitative estimate of drug-likeness (QED) is 0.886. The molecule has 1 fully saturated rings. The van der Waals surface area contributed by atoms with Crippen molar-refractivity contribution < 1.29 is 8.42 Å². The maximum atomic E-state index is 12.5. The third-order valence-corrected chi connectivity index (χ3v) is 5.29. The Morgan fingerprint density at radius 3 is 2.74 bits per heavy atom. The first-order valence-corrected chi connectivity index (χ1v) is 7.59. The molecule has 1 saturated heterocycles. The second-order valence-electron chi connectivity index (χ2n) is 5.01. The molecule has 19 heavy (non-hydrogen) atoms. The zero-order valence-electron chi connectivity index (χ0n) is 11.2. The van der Waals surface area contributed by atoms with E-state index in [1.54, 1.807) is 11.6 Å². The highest BCUT2D eigenvalue weighted by molar-refractivity contribution is 7.89. The van der Waals surface area contributed by atoms with Crippen LogP contribution in [0.1, 0.15) is 19.8 Å². The molecule has 0 aromatic carbocycles. The first kappa shape index (κ1) is 16.4. The number of aryl methyl sites for hydroxylation is 1. The van der Waals surface area contributed by atoms with Crippen molar-refractivity contribution in [2.75, 3.05) is 13.1 Å². The lowest BCUT2D eigenvalue weighted by atomic mass is 9.94. The number of nitrogens with zero attached hydrogens (tertiary/aromatic N) is 3. The van der Waals surface area contributed by atoms with Crippen molar-refractivity contribution in [3.63, 3.8) is 0 Å². The molecule has 0 radical (unpaired) electrons. The fourth-order valence-corrected chi connectivity index (χ4v) is 4.03. The van der Waals surface area contributed by atoms with Gasteiger partial charge < -0.3 is 10.3 Å². The largest absolute Gasteiger partial charge is 0.339 e. The summed E-state index contributed by atoms with van der Waals surface area (Å²) in [6, 6.07) is -0.110. The number of nitrogens with two attached hydrogens (primary N) is 1. The smallest absolute Gasteiger partial charge is 0.262 e. The van der Waals surface area contributed by atoms with E-state index in [4.69, 9.17) is 5.73 Å². The minimum Gasteiger partial charge on any atom is -0.339 e. The monoisotopic (exact) mass is 308 g/mol. The number of piperidine rings is 1. The maximum absolute atomic E-state index is 12.5. The number of aromatic nitrogens is 2. The van der Waals surface area contributed by atoms with Gasteiger partial charge in [0.25, 0.3) is 10.0 Å². The second-order valence-corrected chi connectivity index (χ2v) is 6.85. The number of sulfonamides is 1. The summed E-state index contributed by atoms with van der Waals surface area (Å²) in [7, 11) is -1.75. The van der Waals surface area contributed by atoms with Crippen LogP contribution in [0.4, 0.5) is 0 Å². The predicted octanol–water partition coefficient (Wildman–Crippen LogP) is 0.590. The van der Waals surface area contributed by atoms with E-state index < -0.39 is 10.0 Å². The molecular weight excluding hydrogens is 288 g/mol. The van der Waals surface area contributed by atoms with Crippen LogP contribution in [-0.4, -0.2) is 41.4 Å². The molecule has 0 spiro atoms. The van der Waals surface area contributed by atoms with Crippen LogP contribution in [0.25, 0.3) is 0 Å². The van der Waals surface area contributed by atoms with Crippen LogP contribution in [0.2, 0.25) is 0 Å². The molecule has 1 aliphatic heterocycles. The van der Waals surface area contributed by atoms with Gasteiger partial charge >= 0.3 is 0 Å². The van der Waals surface area contributed by atoms with E-state index in [-0.39, 0.29) is 23.5 Å². The molecule has 0 saturated carbocycles. The zero-order valence-corrected chi connectivity index (χ0v) is 12.8. The van der Waals surface area contributed by atoms with Crippen molar-refractivity contribution >= 4 is 22.4 Å². The molecule has 2 rings (SSSR count). The average molecular weight is 309 g/mol. The first-order valence-electron chi connectivity index (χ1n) is 6.15. The van der Waals surface area contributed by atoms with Crippen LogP contribution in [-0.2, 0) is 17.1 Å². The Morgan fingerprint density at radius 1 is 1.53 bits per heavy atom. The van der Waals surface area contributed by atoms with Crippen molar-refractivity contribution in [1.29, 1.82) is 0 Å². The minimum atomic E-state index is -3.50. The van der Waals surface area contributed by atoms with Crippen molar-refractivity contribution in [3.8, 4) is 0 Å². The highest BCUT2D eigenvalue weighted by Gasteiger charge is 2.35. The van der Waals surface area contributed by atoms with E-state index in [9.17, 15) is 8.42 Å². The molecule has 1 aliphatic rings. The summed E-state index contributed by atoms with van der Waals surface area (Å²) in [4.78, 5) is 3.94. The lowest BCUT2D eigenvalue weighted by Crippen LogP contribution is -2.49. The molecule has 2 unspecified atom stereocenters. The molecule has 6 nitrogen and oxygen atoms in total. The lowest BCUT2D eigenvalue weighted by molar-refractivity contribution is 0.210. The molecule has 2 N–H and O–H groups in total. The first-order chi connectivity index (χ1) is 8.45. The summed E-state index contributed by atoms with van der Waals surface area (Å²) in [6.07, 6.45) is 4.73. The number of hydrogen-bond donors (Lipinski definition) is 1. The Morgan fingerprint density at radius 2 is 2.21 bits per heavy atom. The van der Waals surface area contributed by atoms with Crippen LogP contribution >= 0.6 is 12.4 Å². The Kier molecular flexibility index (Phi) is 5.37. The van der Waals surface area contributed by atoms with Gasteiger partial charge in [-0.15, -0.1) is 12.4 Å². The van der Waals surface area contributed by atoms with E-state index in [0.717, 1.165) is 12.8 Å². The van der Waals surface area contributed by atoms with Gasteiger partial charge in [0, 0.05) is 32.4 Å². The molecule has 2 atom stereocenters. The number of halogens is 1. The van der Waals surface area contributed by atoms with Gasteiger partial charge in [0.15, 0.2) is 5.03 Å². The maximum Gasteiger partial charge on any atom is 0.262 e. The van der Waals surface area contributed by atoms with Crippen LogP contribution in [0, 0.1) is 5.92 Å².